The van der Waals surface area contributed by atoms with Crippen LogP contribution < -0.4 is 10.2 Å². The molecule has 0 unspecified atom stereocenters. The summed E-state index contributed by atoms with van der Waals surface area (Å²) in [4.78, 5) is 19.2. The second-order valence-electron chi connectivity index (χ2n) is 6.29. The van der Waals surface area contributed by atoms with Gasteiger partial charge in [0.25, 0.3) is 5.91 Å². The number of hydrogen-bond donors (Lipinski definition) is 1. The molecular formula is C23H22N4OS. The number of aromatic nitrogens is 1. The highest BCUT2D eigenvalue weighted by atomic mass is 32.1. The summed E-state index contributed by atoms with van der Waals surface area (Å²) in [7, 11) is 0. The number of nitriles is 1. The second-order valence-corrected chi connectivity index (χ2v) is 7.15. The van der Waals surface area contributed by atoms with Crippen LogP contribution in [0.3, 0.4) is 0 Å². The summed E-state index contributed by atoms with van der Waals surface area (Å²) in [6.45, 7) is 6.07. The minimum absolute atomic E-state index is 0.0389. The zero-order valence-electron chi connectivity index (χ0n) is 16.4. The molecule has 0 aliphatic heterocycles. The largest absolute Gasteiger partial charge is 0.372 e. The van der Waals surface area contributed by atoms with Crippen LogP contribution in [0, 0.1) is 11.3 Å². The van der Waals surface area contributed by atoms with Gasteiger partial charge in [0.2, 0.25) is 0 Å². The first-order valence-electron chi connectivity index (χ1n) is 9.43. The fourth-order valence-corrected chi connectivity index (χ4v) is 3.64. The van der Waals surface area contributed by atoms with Crippen LogP contribution in [0.1, 0.15) is 19.4 Å². The lowest BCUT2D eigenvalue weighted by Crippen LogP contribution is -2.21. The molecule has 29 heavy (non-hydrogen) atoms. The van der Waals surface area contributed by atoms with Gasteiger partial charge >= 0.3 is 0 Å². The van der Waals surface area contributed by atoms with E-state index in [-0.39, 0.29) is 5.57 Å². The molecule has 1 heterocycles. The van der Waals surface area contributed by atoms with Gasteiger partial charge in [-0.25, -0.2) is 4.98 Å². The summed E-state index contributed by atoms with van der Waals surface area (Å²) >= 11 is 1.33. The maximum atomic E-state index is 12.5. The molecule has 1 aromatic heterocycles. The molecule has 1 amide bonds. The van der Waals surface area contributed by atoms with Crippen molar-refractivity contribution in [1.29, 1.82) is 5.26 Å². The number of hydrogen-bond acceptors (Lipinski definition) is 5. The Bertz CT molecular complexity index is 1030. The maximum Gasteiger partial charge on any atom is 0.268 e. The lowest BCUT2D eigenvalue weighted by molar-refractivity contribution is -0.112. The summed E-state index contributed by atoms with van der Waals surface area (Å²) in [5.74, 6) is -0.464. The van der Waals surface area contributed by atoms with Crippen molar-refractivity contribution in [2.75, 3.05) is 23.3 Å². The van der Waals surface area contributed by atoms with E-state index >= 15 is 0 Å². The van der Waals surface area contributed by atoms with Crippen LogP contribution in [-0.2, 0) is 4.79 Å². The molecule has 3 rings (SSSR count). The van der Waals surface area contributed by atoms with Gasteiger partial charge in [0.1, 0.15) is 11.6 Å². The molecule has 0 aliphatic carbocycles. The lowest BCUT2D eigenvalue weighted by atomic mass is 10.1. The number of benzene rings is 2. The van der Waals surface area contributed by atoms with Crippen molar-refractivity contribution in [1.82, 2.24) is 4.98 Å². The Morgan fingerprint density at radius 3 is 2.45 bits per heavy atom. The smallest absolute Gasteiger partial charge is 0.268 e. The van der Waals surface area contributed by atoms with E-state index < -0.39 is 5.91 Å². The predicted octanol–water partition coefficient (Wildman–Crippen LogP) is 5.20. The fourth-order valence-electron chi connectivity index (χ4n) is 2.92. The van der Waals surface area contributed by atoms with E-state index in [2.05, 4.69) is 29.0 Å². The predicted molar refractivity (Wildman–Crippen MR) is 120 cm³/mol. The molecule has 0 atom stereocenters. The zero-order valence-corrected chi connectivity index (χ0v) is 17.2. The first-order chi connectivity index (χ1) is 14.1. The summed E-state index contributed by atoms with van der Waals surface area (Å²) in [5, 5.41) is 14.5. The van der Waals surface area contributed by atoms with Gasteiger partial charge in [0.15, 0.2) is 5.13 Å². The number of carbonyl (C=O) groups is 1. The van der Waals surface area contributed by atoms with E-state index in [9.17, 15) is 10.1 Å². The van der Waals surface area contributed by atoms with Crippen molar-refractivity contribution in [3.63, 3.8) is 0 Å². The number of nitrogens with one attached hydrogen (secondary N) is 1. The van der Waals surface area contributed by atoms with Gasteiger partial charge in [-0.3, -0.25) is 10.1 Å². The molecule has 146 valence electrons. The molecule has 3 aromatic rings. The third kappa shape index (κ3) is 5.09. The molecule has 0 aliphatic rings. The van der Waals surface area contributed by atoms with Gasteiger partial charge in [0, 0.05) is 29.7 Å². The number of anilines is 2. The minimum Gasteiger partial charge on any atom is -0.372 e. The molecule has 0 saturated heterocycles. The Labute approximate surface area is 174 Å². The molecule has 0 saturated carbocycles. The van der Waals surface area contributed by atoms with Gasteiger partial charge in [0.05, 0.1) is 5.69 Å². The number of carbonyl (C=O) groups excluding carboxylic acids is 1. The molecule has 5 nitrogen and oxygen atoms in total. The number of rotatable bonds is 7. The SMILES string of the molecule is CCN(CC)c1ccc(C=C(C#N)C(=O)Nc2nc(-c3ccccc3)cs2)cc1. The third-order valence-electron chi connectivity index (χ3n) is 4.49. The third-order valence-corrected chi connectivity index (χ3v) is 5.25. The average molecular weight is 403 g/mol. The number of thiazole rings is 1. The number of amides is 1. The van der Waals surface area contributed by atoms with Gasteiger partial charge in [-0.05, 0) is 37.6 Å². The first-order valence-corrected chi connectivity index (χ1v) is 10.3. The molecule has 2 aromatic carbocycles. The molecule has 0 spiro atoms. The highest BCUT2D eigenvalue weighted by Gasteiger charge is 2.13. The van der Waals surface area contributed by atoms with Crippen molar-refractivity contribution in [2.24, 2.45) is 0 Å². The van der Waals surface area contributed by atoms with Crippen LogP contribution in [0.2, 0.25) is 0 Å². The van der Waals surface area contributed by atoms with Crippen LogP contribution in [-0.4, -0.2) is 24.0 Å². The van der Waals surface area contributed by atoms with E-state index in [1.165, 1.54) is 11.3 Å². The molecule has 0 fully saturated rings. The van der Waals surface area contributed by atoms with Crippen LogP contribution in [0.25, 0.3) is 17.3 Å². The Balaban J connectivity index is 1.72. The monoisotopic (exact) mass is 402 g/mol. The molecular weight excluding hydrogens is 380 g/mol. The summed E-state index contributed by atoms with van der Waals surface area (Å²) in [6.07, 6.45) is 1.59. The highest BCUT2D eigenvalue weighted by molar-refractivity contribution is 7.14. The van der Waals surface area contributed by atoms with Crippen LogP contribution in [0.5, 0.6) is 0 Å². The summed E-state index contributed by atoms with van der Waals surface area (Å²) in [5.41, 5.74) is 3.73. The first kappa shape index (κ1) is 20.3. The van der Waals surface area contributed by atoms with Crippen LogP contribution >= 0.6 is 11.3 Å². The Kier molecular flexibility index (Phi) is 6.77. The fraction of sp³-hybridized carbons (Fsp3) is 0.174. The molecule has 0 bridgehead atoms. The van der Waals surface area contributed by atoms with Gasteiger partial charge in [-0.2, -0.15) is 5.26 Å². The van der Waals surface area contributed by atoms with E-state index in [4.69, 9.17) is 0 Å². The van der Waals surface area contributed by atoms with Gasteiger partial charge < -0.3 is 4.90 Å². The van der Waals surface area contributed by atoms with Crippen LogP contribution in [0.15, 0.2) is 65.6 Å². The Hall–Kier alpha value is -3.43. The standard InChI is InChI=1S/C23H22N4OS/c1-3-27(4-2)20-12-10-17(11-13-20)14-19(15-24)22(28)26-23-25-21(16-29-23)18-8-6-5-7-9-18/h5-14,16H,3-4H2,1-2H3,(H,25,26,28). The Morgan fingerprint density at radius 1 is 1.14 bits per heavy atom. The Morgan fingerprint density at radius 2 is 1.83 bits per heavy atom. The number of nitrogens with zero attached hydrogens (tertiary/aromatic N) is 3. The van der Waals surface area contributed by atoms with E-state index in [1.807, 2.05) is 66.0 Å². The van der Waals surface area contributed by atoms with Crippen molar-refractivity contribution in [2.45, 2.75) is 13.8 Å². The molecule has 1 N–H and O–H groups in total. The van der Waals surface area contributed by atoms with Crippen molar-refractivity contribution >= 4 is 34.1 Å². The molecule has 6 heteroatoms. The van der Waals surface area contributed by atoms with E-state index in [1.54, 1.807) is 6.08 Å². The van der Waals surface area contributed by atoms with Crippen molar-refractivity contribution < 1.29 is 4.79 Å². The lowest BCUT2D eigenvalue weighted by Gasteiger charge is -2.20. The van der Waals surface area contributed by atoms with E-state index in [0.29, 0.717) is 5.13 Å². The maximum absolute atomic E-state index is 12.5. The van der Waals surface area contributed by atoms with Gasteiger partial charge in [-0.1, -0.05) is 42.5 Å². The zero-order chi connectivity index (χ0) is 20.6. The second kappa shape index (κ2) is 9.67. The van der Waals surface area contributed by atoms with E-state index in [0.717, 1.165) is 35.6 Å². The summed E-state index contributed by atoms with van der Waals surface area (Å²) < 4.78 is 0. The van der Waals surface area contributed by atoms with Gasteiger partial charge in [-0.15, -0.1) is 11.3 Å². The van der Waals surface area contributed by atoms with Crippen LogP contribution in [0.4, 0.5) is 10.8 Å². The highest BCUT2D eigenvalue weighted by Crippen LogP contribution is 2.25. The van der Waals surface area contributed by atoms with Crippen molar-refractivity contribution in [3.8, 4) is 17.3 Å². The topological polar surface area (TPSA) is 69.0 Å². The average Bonchev–Trinajstić information content (AvgIpc) is 3.23. The minimum atomic E-state index is -0.464. The normalized spacial score (nSPS) is 11.0. The van der Waals surface area contributed by atoms with Crippen molar-refractivity contribution in [3.05, 3.63) is 71.1 Å². The quantitative estimate of drug-likeness (QED) is 0.435. The summed E-state index contributed by atoms with van der Waals surface area (Å²) in [6, 6.07) is 19.5. The molecule has 0 radical (unpaired) electrons.